The van der Waals surface area contributed by atoms with Crippen molar-refractivity contribution in [3.63, 3.8) is 0 Å². The highest BCUT2D eigenvalue weighted by Crippen LogP contribution is 2.09. The molecule has 1 atom stereocenters. The number of hydrogen-bond donors (Lipinski definition) is 3. The Morgan fingerprint density at radius 1 is 1.21 bits per heavy atom. The fraction of sp³-hybridized carbons (Fsp3) is 0.750. The molecule has 0 fully saturated rings. The highest BCUT2D eigenvalue weighted by molar-refractivity contribution is 5.83. The van der Waals surface area contributed by atoms with Crippen LogP contribution in [-0.4, -0.2) is 40.9 Å². The van der Waals surface area contributed by atoms with E-state index < -0.39 is 17.9 Å². The molecule has 0 bridgehead atoms. The second-order valence-electron chi connectivity index (χ2n) is 4.35. The van der Waals surface area contributed by atoms with Gasteiger partial charge in [-0.2, -0.15) is 0 Å². The zero-order valence-electron chi connectivity index (χ0n) is 11.1. The number of unbranched alkanes of at least 4 members (excludes halogenated alkanes) is 3. The van der Waals surface area contributed by atoms with E-state index in [1.165, 1.54) is 0 Å². The Hall–Kier alpha value is -1.47. The number of nitrogens with zero attached hydrogens (tertiary/aromatic N) is 1. The first-order valence-electron chi connectivity index (χ1n) is 6.47. The van der Waals surface area contributed by atoms with Crippen molar-refractivity contribution >= 4 is 18.2 Å². The Morgan fingerprint density at radius 2 is 1.89 bits per heavy atom. The van der Waals surface area contributed by atoms with Gasteiger partial charge in [-0.25, -0.2) is 10.6 Å². The van der Waals surface area contributed by atoms with Crippen molar-refractivity contribution in [1.29, 1.82) is 0 Å². The van der Waals surface area contributed by atoms with Gasteiger partial charge in [0.2, 0.25) is 5.91 Å². The van der Waals surface area contributed by atoms with Crippen LogP contribution in [-0.2, 0) is 14.4 Å². The average molecular weight is 273 g/mol. The maximum absolute atomic E-state index is 11.7. The number of nitrogens with two attached hydrogens (primary N) is 2. The number of aliphatic carboxylic acids is 1. The minimum Gasteiger partial charge on any atom is -0.480 e. The van der Waals surface area contributed by atoms with Crippen molar-refractivity contribution in [2.24, 2.45) is 11.6 Å². The standard InChI is InChI=1S/C12H23N3O4/c13-8-4-3-6-10(12(18)19)15(14)11(17)7-2-1-5-9-16/h9-10H,1-8,13-14H2,(H,18,19)/t10-/m0/s1. The van der Waals surface area contributed by atoms with Gasteiger partial charge in [-0.05, 0) is 38.6 Å². The molecular weight excluding hydrogens is 250 g/mol. The maximum atomic E-state index is 11.7. The molecule has 0 heterocycles. The molecule has 0 aromatic heterocycles. The lowest BCUT2D eigenvalue weighted by Gasteiger charge is -2.24. The topological polar surface area (TPSA) is 127 Å². The zero-order valence-corrected chi connectivity index (χ0v) is 11.1. The summed E-state index contributed by atoms with van der Waals surface area (Å²) in [5.41, 5.74) is 5.33. The van der Waals surface area contributed by atoms with Gasteiger partial charge in [0, 0.05) is 12.8 Å². The molecule has 0 aliphatic carbocycles. The van der Waals surface area contributed by atoms with Gasteiger partial charge in [0.15, 0.2) is 0 Å². The van der Waals surface area contributed by atoms with Crippen LogP contribution in [0.2, 0.25) is 0 Å². The van der Waals surface area contributed by atoms with Crippen LogP contribution in [0.25, 0.3) is 0 Å². The minimum absolute atomic E-state index is 0.158. The second-order valence-corrected chi connectivity index (χ2v) is 4.35. The Kier molecular flexibility index (Phi) is 9.64. The van der Waals surface area contributed by atoms with Gasteiger partial charge in [-0.3, -0.25) is 9.80 Å². The average Bonchev–Trinajstić information content (AvgIpc) is 2.38. The number of amides is 1. The molecular formula is C12H23N3O4. The second kappa shape index (κ2) is 10.5. The molecule has 0 saturated heterocycles. The van der Waals surface area contributed by atoms with E-state index in [0.717, 1.165) is 11.3 Å². The number of carboxylic acids is 1. The Bertz CT molecular complexity index is 297. The summed E-state index contributed by atoms with van der Waals surface area (Å²) in [4.78, 5) is 32.9. The van der Waals surface area contributed by atoms with Crippen molar-refractivity contribution in [3.8, 4) is 0 Å². The van der Waals surface area contributed by atoms with Gasteiger partial charge in [0.25, 0.3) is 0 Å². The van der Waals surface area contributed by atoms with Crippen LogP contribution < -0.4 is 11.6 Å². The molecule has 0 rings (SSSR count). The van der Waals surface area contributed by atoms with E-state index in [1.807, 2.05) is 0 Å². The predicted octanol–water partition coefficient (Wildman–Crippen LogP) is 0.0302. The summed E-state index contributed by atoms with van der Waals surface area (Å²) >= 11 is 0. The first-order chi connectivity index (χ1) is 9.04. The van der Waals surface area contributed by atoms with Gasteiger partial charge in [-0.1, -0.05) is 0 Å². The van der Waals surface area contributed by atoms with Gasteiger partial charge in [-0.15, -0.1) is 0 Å². The third kappa shape index (κ3) is 7.53. The van der Waals surface area contributed by atoms with Crippen LogP contribution in [0.1, 0.15) is 44.9 Å². The molecule has 0 aliphatic rings. The van der Waals surface area contributed by atoms with E-state index in [1.54, 1.807) is 0 Å². The van der Waals surface area contributed by atoms with E-state index in [2.05, 4.69) is 0 Å². The summed E-state index contributed by atoms with van der Waals surface area (Å²) in [6, 6.07) is -1.01. The number of aldehydes is 1. The lowest BCUT2D eigenvalue weighted by Crippen LogP contribution is -2.49. The molecule has 0 aliphatic heterocycles. The normalized spacial score (nSPS) is 11.9. The highest BCUT2D eigenvalue weighted by atomic mass is 16.4. The first-order valence-corrected chi connectivity index (χ1v) is 6.47. The molecule has 0 spiro atoms. The van der Waals surface area contributed by atoms with E-state index in [9.17, 15) is 14.4 Å². The number of carboxylic acid groups (broad SMARTS) is 1. The third-order valence-corrected chi connectivity index (χ3v) is 2.80. The summed E-state index contributed by atoms with van der Waals surface area (Å²) < 4.78 is 0. The van der Waals surface area contributed by atoms with E-state index in [-0.39, 0.29) is 6.42 Å². The number of rotatable bonds is 11. The predicted molar refractivity (Wildman–Crippen MR) is 69.9 cm³/mol. The number of hydrazine groups is 1. The van der Waals surface area contributed by atoms with Crippen molar-refractivity contribution in [1.82, 2.24) is 5.01 Å². The van der Waals surface area contributed by atoms with Crippen molar-refractivity contribution < 1.29 is 19.5 Å². The maximum Gasteiger partial charge on any atom is 0.328 e. The van der Waals surface area contributed by atoms with Crippen LogP contribution in [0.15, 0.2) is 0 Å². The fourth-order valence-corrected chi connectivity index (χ4v) is 1.67. The lowest BCUT2D eigenvalue weighted by atomic mass is 10.1. The Balaban J connectivity index is 4.20. The summed E-state index contributed by atoms with van der Waals surface area (Å²) in [5, 5.41) is 9.84. The van der Waals surface area contributed by atoms with Crippen molar-refractivity contribution in [3.05, 3.63) is 0 Å². The molecule has 5 N–H and O–H groups in total. The van der Waals surface area contributed by atoms with Crippen LogP contribution in [0.5, 0.6) is 0 Å². The van der Waals surface area contributed by atoms with E-state index in [4.69, 9.17) is 16.7 Å². The van der Waals surface area contributed by atoms with Crippen LogP contribution in [0, 0.1) is 0 Å². The fourth-order valence-electron chi connectivity index (χ4n) is 1.67. The van der Waals surface area contributed by atoms with Gasteiger partial charge in [0.05, 0.1) is 0 Å². The smallest absolute Gasteiger partial charge is 0.328 e. The quantitative estimate of drug-likeness (QED) is 0.160. The number of hydrogen-bond acceptors (Lipinski definition) is 5. The molecule has 0 aromatic carbocycles. The largest absolute Gasteiger partial charge is 0.480 e. The molecule has 110 valence electrons. The Morgan fingerprint density at radius 3 is 2.42 bits per heavy atom. The molecule has 0 unspecified atom stereocenters. The summed E-state index contributed by atoms with van der Waals surface area (Å²) in [6.07, 6.45) is 4.08. The summed E-state index contributed by atoms with van der Waals surface area (Å²) in [6.45, 7) is 0.483. The summed E-state index contributed by atoms with van der Waals surface area (Å²) in [5.74, 6) is 4.04. The zero-order chi connectivity index (χ0) is 14.7. The molecule has 19 heavy (non-hydrogen) atoms. The summed E-state index contributed by atoms with van der Waals surface area (Å²) in [7, 11) is 0. The van der Waals surface area contributed by atoms with Crippen LogP contribution in [0.4, 0.5) is 0 Å². The van der Waals surface area contributed by atoms with Crippen LogP contribution in [0.3, 0.4) is 0 Å². The lowest BCUT2D eigenvalue weighted by molar-refractivity contribution is -0.151. The van der Waals surface area contributed by atoms with E-state index in [0.29, 0.717) is 45.1 Å². The molecule has 7 nitrogen and oxygen atoms in total. The molecule has 0 saturated carbocycles. The number of carbonyl (C=O) groups excluding carboxylic acids is 2. The molecule has 1 amide bonds. The van der Waals surface area contributed by atoms with Crippen molar-refractivity contribution in [2.45, 2.75) is 51.0 Å². The molecule has 7 heteroatoms. The SMILES string of the molecule is NCCCC[C@@H](C(=O)O)N(N)C(=O)CCCCC=O. The monoisotopic (exact) mass is 273 g/mol. The third-order valence-electron chi connectivity index (χ3n) is 2.80. The van der Waals surface area contributed by atoms with Gasteiger partial charge >= 0.3 is 5.97 Å². The molecule has 0 aromatic rings. The minimum atomic E-state index is -1.11. The van der Waals surface area contributed by atoms with Crippen LogP contribution >= 0.6 is 0 Å². The van der Waals surface area contributed by atoms with Gasteiger partial charge < -0.3 is 15.6 Å². The highest BCUT2D eigenvalue weighted by Gasteiger charge is 2.26. The first kappa shape index (κ1) is 17.5. The van der Waals surface area contributed by atoms with Gasteiger partial charge in [0.1, 0.15) is 12.3 Å². The Labute approximate surface area is 112 Å². The van der Waals surface area contributed by atoms with E-state index >= 15 is 0 Å². The molecule has 0 radical (unpaired) electrons. The van der Waals surface area contributed by atoms with Crippen molar-refractivity contribution in [2.75, 3.05) is 6.54 Å². The number of carbonyl (C=O) groups is 3.